The molecule has 18 heteroatoms. The molecule has 3 heterocycles. The number of hydrogen-bond acceptors (Lipinski definition) is 6. The van der Waals surface area contributed by atoms with Crippen LogP contribution in [-0.2, 0) is 19.1 Å². The van der Waals surface area contributed by atoms with E-state index in [2.05, 4.69) is 25.8 Å². The molecule has 1 N–H and O–H groups in total. The first kappa shape index (κ1) is 24.1. The fourth-order valence-electron chi connectivity index (χ4n) is 3.11. The van der Waals surface area contributed by atoms with Crippen LogP contribution in [0.2, 0.25) is 0 Å². The lowest BCUT2D eigenvalue weighted by atomic mass is 10.1. The highest BCUT2D eigenvalue weighted by Gasteiger charge is 2.64. The number of nitriles is 1. The fraction of sp³-hybridized carbons (Fsp3) is 0.412. The van der Waals surface area contributed by atoms with Crippen LogP contribution in [0.4, 0.5) is 35.1 Å². The van der Waals surface area contributed by atoms with Crippen LogP contribution in [0, 0.1) is 11.3 Å². The zero-order chi connectivity index (χ0) is 26.0. The summed E-state index contributed by atoms with van der Waals surface area (Å²) in [7, 11) is 0.739. The number of rotatable bonds is 5. The number of aryl methyl sites for hydroxylation is 1. The summed E-state index contributed by atoms with van der Waals surface area (Å²) in [4.78, 5) is 12.2. The van der Waals surface area contributed by atoms with Crippen molar-refractivity contribution in [1.29, 1.82) is 5.26 Å². The standard InChI is InChI=1S/C17H11F8N9O/c1-32-13(10(16(20,21)22)11(30-32)15(18,19)17(23,24)25)34-5-8(4-27-34)33-6-9(29-31-33)12(35)28-14(7-26)2-3-14/h4-6H,2-3H2,1H3,(H,28,35). The largest absolute Gasteiger partial charge is 0.459 e. The number of carbonyl (C=O) groups is 1. The van der Waals surface area contributed by atoms with Gasteiger partial charge < -0.3 is 5.32 Å². The Morgan fingerprint density at radius 1 is 1.11 bits per heavy atom. The quantitative estimate of drug-likeness (QED) is 0.529. The van der Waals surface area contributed by atoms with Gasteiger partial charge in [0, 0.05) is 7.05 Å². The van der Waals surface area contributed by atoms with E-state index in [4.69, 9.17) is 5.26 Å². The summed E-state index contributed by atoms with van der Waals surface area (Å²) in [5.74, 6) is -7.86. The summed E-state index contributed by atoms with van der Waals surface area (Å²) >= 11 is 0. The van der Waals surface area contributed by atoms with Gasteiger partial charge in [0.15, 0.2) is 17.2 Å². The van der Waals surface area contributed by atoms with Crippen LogP contribution >= 0.6 is 0 Å². The minimum absolute atomic E-state index is 0.114. The van der Waals surface area contributed by atoms with Crippen LogP contribution in [0.15, 0.2) is 18.6 Å². The Morgan fingerprint density at radius 2 is 1.77 bits per heavy atom. The number of nitrogens with zero attached hydrogens (tertiary/aromatic N) is 8. The molecular weight excluding hydrogens is 498 g/mol. The number of amides is 1. The molecule has 0 unspecified atom stereocenters. The maximum atomic E-state index is 13.8. The molecule has 1 saturated carbocycles. The van der Waals surface area contributed by atoms with E-state index in [1.165, 1.54) is 0 Å². The van der Waals surface area contributed by atoms with Crippen LogP contribution in [0.5, 0.6) is 0 Å². The molecule has 3 aromatic rings. The number of hydrogen-bond donors (Lipinski definition) is 1. The molecule has 0 bridgehead atoms. The molecule has 1 aliphatic rings. The lowest BCUT2D eigenvalue weighted by Gasteiger charge is -2.19. The van der Waals surface area contributed by atoms with Gasteiger partial charge in [0.2, 0.25) is 0 Å². The number of alkyl halides is 8. The highest BCUT2D eigenvalue weighted by atomic mass is 19.4. The topological polar surface area (TPSA) is 119 Å². The van der Waals surface area contributed by atoms with Gasteiger partial charge in [0.25, 0.3) is 5.91 Å². The third kappa shape index (κ3) is 4.06. The molecule has 1 fully saturated rings. The summed E-state index contributed by atoms with van der Waals surface area (Å²) in [6, 6.07) is 1.93. The molecule has 0 radical (unpaired) electrons. The van der Waals surface area contributed by atoms with E-state index in [-0.39, 0.29) is 16.1 Å². The Hall–Kier alpha value is -4.04. The average molecular weight is 509 g/mol. The van der Waals surface area contributed by atoms with Crippen LogP contribution < -0.4 is 5.32 Å². The average Bonchev–Trinajstić information content (AvgIpc) is 3.14. The molecule has 10 nitrogen and oxygen atoms in total. The molecular formula is C17H11F8N9O. The van der Waals surface area contributed by atoms with Crippen molar-refractivity contribution in [2.24, 2.45) is 7.05 Å². The van der Waals surface area contributed by atoms with E-state index in [0.29, 0.717) is 17.5 Å². The Kier molecular flexibility index (Phi) is 5.15. The minimum atomic E-state index is -6.34. The van der Waals surface area contributed by atoms with Crippen molar-refractivity contribution in [1.82, 2.24) is 39.9 Å². The molecule has 186 valence electrons. The normalized spacial score (nSPS) is 15.7. The minimum Gasteiger partial charge on any atom is -0.332 e. The van der Waals surface area contributed by atoms with Crippen LogP contribution in [-0.4, -0.2) is 52.2 Å². The summed E-state index contributed by atoms with van der Waals surface area (Å²) in [6.45, 7) is 0. The van der Waals surface area contributed by atoms with Crippen molar-refractivity contribution in [3.63, 3.8) is 0 Å². The number of carbonyl (C=O) groups excluding carboxylic acids is 1. The van der Waals surface area contributed by atoms with Crippen molar-refractivity contribution in [3.8, 4) is 17.6 Å². The third-order valence-corrected chi connectivity index (χ3v) is 5.05. The molecule has 0 aromatic carbocycles. The monoisotopic (exact) mass is 509 g/mol. The maximum Gasteiger partial charge on any atom is 0.459 e. The maximum absolute atomic E-state index is 13.8. The first-order valence-electron chi connectivity index (χ1n) is 9.40. The Balaban J connectivity index is 1.71. The predicted octanol–water partition coefficient (Wildman–Crippen LogP) is 2.65. The van der Waals surface area contributed by atoms with Gasteiger partial charge in [0.05, 0.1) is 24.7 Å². The summed E-state index contributed by atoms with van der Waals surface area (Å²) in [5.41, 5.74) is -6.23. The van der Waals surface area contributed by atoms with Crippen molar-refractivity contribution >= 4 is 5.91 Å². The molecule has 1 aliphatic carbocycles. The molecule has 0 spiro atoms. The SMILES string of the molecule is Cn1nc(C(F)(F)C(F)(F)F)c(C(F)(F)F)c1-n1cc(-n2cc(C(=O)NC3(C#N)CC3)nn2)cn1. The van der Waals surface area contributed by atoms with E-state index in [0.717, 1.165) is 30.3 Å². The molecule has 0 aliphatic heterocycles. The molecule has 4 rings (SSSR count). The first-order chi connectivity index (χ1) is 16.1. The van der Waals surface area contributed by atoms with Gasteiger partial charge in [-0.25, -0.2) is 14.0 Å². The van der Waals surface area contributed by atoms with E-state index in [1.54, 1.807) is 0 Å². The zero-order valence-corrected chi connectivity index (χ0v) is 17.2. The van der Waals surface area contributed by atoms with Gasteiger partial charge in [0.1, 0.15) is 16.8 Å². The van der Waals surface area contributed by atoms with E-state index in [9.17, 15) is 39.9 Å². The number of aromatic nitrogens is 7. The molecule has 0 atom stereocenters. The van der Waals surface area contributed by atoms with Gasteiger partial charge in [-0.1, -0.05) is 5.21 Å². The highest BCUT2D eigenvalue weighted by molar-refractivity contribution is 5.93. The molecule has 35 heavy (non-hydrogen) atoms. The van der Waals surface area contributed by atoms with E-state index >= 15 is 0 Å². The second kappa shape index (κ2) is 7.48. The van der Waals surface area contributed by atoms with Crippen LogP contribution in [0.1, 0.15) is 34.6 Å². The predicted molar refractivity (Wildman–Crippen MR) is 95.2 cm³/mol. The highest BCUT2D eigenvalue weighted by Crippen LogP contribution is 2.49. The van der Waals surface area contributed by atoms with Gasteiger partial charge in [-0.05, 0) is 12.8 Å². The second-order valence-corrected chi connectivity index (χ2v) is 7.58. The summed E-state index contributed by atoms with van der Waals surface area (Å²) in [6.07, 6.45) is -8.32. The van der Waals surface area contributed by atoms with Crippen molar-refractivity contribution in [2.45, 2.75) is 36.7 Å². The van der Waals surface area contributed by atoms with Crippen LogP contribution in [0.3, 0.4) is 0 Å². The molecule has 0 saturated heterocycles. The van der Waals surface area contributed by atoms with Gasteiger partial charge in [-0.2, -0.15) is 50.6 Å². The Labute approximate surface area is 188 Å². The van der Waals surface area contributed by atoms with E-state index in [1.807, 2.05) is 6.07 Å². The number of nitrogens with one attached hydrogen (secondary N) is 1. The third-order valence-electron chi connectivity index (χ3n) is 5.05. The van der Waals surface area contributed by atoms with Gasteiger partial charge in [-0.3, -0.25) is 4.79 Å². The van der Waals surface area contributed by atoms with Crippen molar-refractivity contribution in [3.05, 3.63) is 35.5 Å². The van der Waals surface area contributed by atoms with Crippen molar-refractivity contribution in [2.75, 3.05) is 0 Å². The lowest BCUT2D eigenvalue weighted by molar-refractivity contribution is -0.292. The molecule has 3 aromatic heterocycles. The van der Waals surface area contributed by atoms with Gasteiger partial charge in [-0.15, -0.1) is 5.10 Å². The molecule has 1 amide bonds. The second-order valence-electron chi connectivity index (χ2n) is 7.58. The number of halogens is 8. The zero-order valence-electron chi connectivity index (χ0n) is 17.2. The van der Waals surface area contributed by atoms with E-state index < -0.39 is 46.8 Å². The first-order valence-corrected chi connectivity index (χ1v) is 9.40. The van der Waals surface area contributed by atoms with Gasteiger partial charge >= 0.3 is 18.3 Å². The summed E-state index contributed by atoms with van der Waals surface area (Å²) < 4.78 is 108. The summed E-state index contributed by atoms with van der Waals surface area (Å²) in [5, 5.41) is 25.1. The fourth-order valence-corrected chi connectivity index (χ4v) is 3.11. The lowest BCUT2D eigenvalue weighted by Crippen LogP contribution is -2.36. The Bertz CT molecular complexity index is 1340. The smallest absolute Gasteiger partial charge is 0.332 e. The van der Waals surface area contributed by atoms with Crippen LogP contribution in [0.25, 0.3) is 11.5 Å². The van der Waals surface area contributed by atoms with Crippen molar-refractivity contribution < 1.29 is 39.9 Å². The Morgan fingerprint density at radius 3 is 2.31 bits per heavy atom.